The molecule has 1 fully saturated rings. The number of piperazine rings is 1. The summed E-state index contributed by atoms with van der Waals surface area (Å²) in [6.45, 7) is 3.25. The fourth-order valence-electron chi connectivity index (χ4n) is 3.09. The minimum atomic E-state index is -4.36. The first-order valence-corrected chi connectivity index (χ1v) is 9.28. The summed E-state index contributed by atoms with van der Waals surface area (Å²) in [5.74, 6) is 0.950. The highest BCUT2D eigenvalue weighted by molar-refractivity contribution is 14.0. The first kappa shape index (κ1) is 24.3. The van der Waals surface area contributed by atoms with Gasteiger partial charge in [-0.05, 0) is 17.7 Å². The molecule has 30 heavy (non-hydrogen) atoms. The summed E-state index contributed by atoms with van der Waals surface area (Å²) in [7, 11) is 1.72. The molecule has 2 heterocycles. The van der Waals surface area contributed by atoms with Gasteiger partial charge in [0.05, 0.1) is 5.69 Å². The van der Waals surface area contributed by atoms with E-state index in [2.05, 4.69) is 25.3 Å². The van der Waals surface area contributed by atoms with E-state index in [1.54, 1.807) is 25.4 Å². The summed E-state index contributed by atoms with van der Waals surface area (Å²) in [6, 6.07) is 8.48. The van der Waals surface area contributed by atoms with E-state index in [0.717, 1.165) is 49.9 Å². The highest BCUT2D eigenvalue weighted by atomic mass is 127. The molecule has 0 spiro atoms. The van der Waals surface area contributed by atoms with Crippen LogP contribution < -0.4 is 10.1 Å². The summed E-state index contributed by atoms with van der Waals surface area (Å²) >= 11 is 0. The van der Waals surface area contributed by atoms with Crippen molar-refractivity contribution in [2.75, 3.05) is 39.8 Å². The van der Waals surface area contributed by atoms with Gasteiger partial charge in [-0.3, -0.25) is 9.89 Å². The van der Waals surface area contributed by atoms with E-state index in [9.17, 15) is 13.2 Å². The molecule has 1 saturated heterocycles. The first-order valence-electron chi connectivity index (χ1n) is 9.28. The van der Waals surface area contributed by atoms with Crippen molar-refractivity contribution in [2.24, 2.45) is 4.99 Å². The van der Waals surface area contributed by atoms with E-state index in [0.29, 0.717) is 6.54 Å². The molecule has 1 aromatic carbocycles. The second kappa shape index (κ2) is 11.4. The molecule has 0 saturated carbocycles. The van der Waals surface area contributed by atoms with E-state index >= 15 is 0 Å². The maximum absolute atomic E-state index is 12.3. The lowest BCUT2D eigenvalue weighted by atomic mass is 10.2. The summed E-state index contributed by atoms with van der Waals surface area (Å²) in [4.78, 5) is 8.77. The van der Waals surface area contributed by atoms with Gasteiger partial charge in [-0.15, -0.1) is 24.0 Å². The number of nitrogens with zero attached hydrogens (tertiary/aromatic N) is 4. The Morgan fingerprint density at radius 3 is 2.63 bits per heavy atom. The third kappa shape index (κ3) is 7.67. The van der Waals surface area contributed by atoms with Gasteiger partial charge in [-0.1, -0.05) is 17.3 Å². The average molecular weight is 539 g/mol. The average Bonchev–Trinajstić information content (AvgIpc) is 3.21. The number of ether oxygens (including phenoxy) is 1. The van der Waals surface area contributed by atoms with Crippen molar-refractivity contribution in [1.82, 2.24) is 20.3 Å². The predicted octanol–water partition coefficient (Wildman–Crippen LogP) is 3.13. The van der Waals surface area contributed by atoms with Crippen molar-refractivity contribution >= 4 is 29.9 Å². The maximum Gasteiger partial charge on any atom is 0.422 e. The van der Waals surface area contributed by atoms with E-state index in [4.69, 9.17) is 9.26 Å². The molecule has 1 N–H and O–H groups in total. The van der Waals surface area contributed by atoms with Crippen LogP contribution in [0.1, 0.15) is 11.3 Å². The van der Waals surface area contributed by atoms with Gasteiger partial charge in [0.15, 0.2) is 12.6 Å². The topological polar surface area (TPSA) is 66.1 Å². The molecule has 3 rings (SSSR count). The van der Waals surface area contributed by atoms with Crippen molar-refractivity contribution in [2.45, 2.75) is 19.3 Å². The zero-order chi connectivity index (χ0) is 20.7. The summed E-state index contributed by atoms with van der Waals surface area (Å²) < 4.78 is 46.6. The standard InChI is InChI=1S/C19H24F3N5O2.HI/c1-23-18(27-8-6-26(7-9-27)13-16-5-10-29-25-16)24-12-15-3-2-4-17(11-15)28-14-19(20,21)22;/h2-5,10-11H,6-9,12-14H2,1H3,(H,23,24);1H. The number of hydrogen-bond donors (Lipinski definition) is 1. The van der Waals surface area contributed by atoms with Crippen LogP contribution in [-0.4, -0.2) is 66.9 Å². The summed E-state index contributed by atoms with van der Waals surface area (Å²) in [6.07, 6.45) is -2.79. The van der Waals surface area contributed by atoms with Gasteiger partial charge in [0.25, 0.3) is 0 Å². The highest BCUT2D eigenvalue weighted by Gasteiger charge is 2.28. The molecular weight excluding hydrogens is 514 g/mol. The monoisotopic (exact) mass is 539 g/mol. The van der Waals surface area contributed by atoms with E-state index < -0.39 is 12.8 Å². The molecule has 0 atom stereocenters. The van der Waals surface area contributed by atoms with Gasteiger partial charge in [-0.25, -0.2) is 0 Å². The quantitative estimate of drug-likeness (QED) is 0.346. The smallest absolute Gasteiger partial charge is 0.422 e. The molecule has 0 bridgehead atoms. The van der Waals surface area contributed by atoms with Crippen molar-refractivity contribution in [3.63, 3.8) is 0 Å². The Balaban J connectivity index is 0.00000320. The number of guanidine groups is 1. The van der Waals surface area contributed by atoms with Crippen molar-refractivity contribution in [3.8, 4) is 5.75 Å². The molecule has 0 amide bonds. The Kier molecular flexibility index (Phi) is 9.21. The third-order valence-electron chi connectivity index (χ3n) is 4.51. The Morgan fingerprint density at radius 1 is 1.23 bits per heavy atom. The van der Waals surface area contributed by atoms with Crippen LogP contribution in [0.25, 0.3) is 0 Å². The van der Waals surface area contributed by atoms with Gasteiger partial charge < -0.3 is 19.5 Å². The Hall–Kier alpha value is -2.02. The molecule has 0 unspecified atom stereocenters. The number of halogens is 4. The summed E-state index contributed by atoms with van der Waals surface area (Å²) in [5.41, 5.74) is 1.73. The Bertz CT molecular complexity index is 794. The lowest BCUT2D eigenvalue weighted by Crippen LogP contribution is -2.52. The number of benzene rings is 1. The van der Waals surface area contributed by atoms with Crippen molar-refractivity contribution in [3.05, 3.63) is 47.9 Å². The normalized spacial score (nSPS) is 15.6. The minimum Gasteiger partial charge on any atom is -0.484 e. The molecule has 7 nitrogen and oxygen atoms in total. The van der Waals surface area contributed by atoms with Crippen molar-refractivity contribution in [1.29, 1.82) is 0 Å². The number of alkyl halides is 3. The lowest BCUT2D eigenvalue weighted by molar-refractivity contribution is -0.153. The zero-order valence-corrected chi connectivity index (χ0v) is 18.9. The maximum atomic E-state index is 12.3. The fraction of sp³-hybridized carbons (Fsp3) is 0.474. The van der Waals surface area contributed by atoms with Crippen molar-refractivity contribution < 1.29 is 22.4 Å². The lowest BCUT2D eigenvalue weighted by Gasteiger charge is -2.36. The van der Waals surface area contributed by atoms with Crippen LogP contribution >= 0.6 is 24.0 Å². The largest absolute Gasteiger partial charge is 0.484 e. The van der Waals surface area contributed by atoms with Gasteiger partial charge in [-0.2, -0.15) is 13.2 Å². The van der Waals surface area contributed by atoms with Gasteiger partial charge in [0.2, 0.25) is 0 Å². The van der Waals surface area contributed by atoms with Crippen LogP contribution in [-0.2, 0) is 13.1 Å². The highest BCUT2D eigenvalue weighted by Crippen LogP contribution is 2.19. The first-order chi connectivity index (χ1) is 13.9. The molecule has 1 aromatic heterocycles. The molecule has 2 aromatic rings. The molecule has 0 aliphatic carbocycles. The minimum absolute atomic E-state index is 0. The molecule has 1 aliphatic rings. The van der Waals surface area contributed by atoms with Gasteiger partial charge in [0.1, 0.15) is 12.0 Å². The van der Waals surface area contributed by atoms with Crippen LogP contribution in [0.5, 0.6) is 5.75 Å². The number of rotatable bonds is 6. The molecule has 166 valence electrons. The zero-order valence-electron chi connectivity index (χ0n) is 16.6. The number of hydrogen-bond acceptors (Lipinski definition) is 5. The fourth-order valence-corrected chi connectivity index (χ4v) is 3.09. The molecular formula is C19H25F3IN5O2. The van der Waals surface area contributed by atoms with E-state index in [1.807, 2.05) is 12.1 Å². The Morgan fingerprint density at radius 2 is 2.00 bits per heavy atom. The van der Waals surface area contributed by atoms with Crippen LogP contribution in [0.3, 0.4) is 0 Å². The predicted molar refractivity (Wildman–Crippen MR) is 117 cm³/mol. The number of aliphatic imine (C=N–C) groups is 1. The SMILES string of the molecule is CN=C(NCc1cccc(OCC(F)(F)F)c1)N1CCN(Cc2ccon2)CC1.I. The third-order valence-corrected chi connectivity index (χ3v) is 4.51. The second-order valence-electron chi connectivity index (χ2n) is 6.71. The van der Waals surface area contributed by atoms with Crippen LogP contribution in [0.15, 0.2) is 46.1 Å². The molecule has 0 radical (unpaired) electrons. The second-order valence-corrected chi connectivity index (χ2v) is 6.71. The molecule has 1 aliphatic heterocycles. The van der Waals surface area contributed by atoms with Gasteiger partial charge >= 0.3 is 6.18 Å². The number of aromatic nitrogens is 1. The van der Waals surface area contributed by atoms with Crippen LogP contribution in [0.4, 0.5) is 13.2 Å². The number of nitrogens with one attached hydrogen (secondary N) is 1. The van der Waals surface area contributed by atoms with E-state index in [1.165, 1.54) is 6.07 Å². The summed E-state index contributed by atoms with van der Waals surface area (Å²) in [5, 5.41) is 7.21. The van der Waals surface area contributed by atoms with Crippen LogP contribution in [0.2, 0.25) is 0 Å². The molecule has 11 heteroatoms. The van der Waals surface area contributed by atoms with Crippen LogP contribution in [0, 0.1) is 0 Å². The van der Waals surface area contributed by atoms with E-state index in [-0.39, 0.29) is 29.7 Å². The van der Waals surface area contributed by atoms with Gasteiger partial charge in [0, 0.05) is 52.4 Å². The Labute approximate surface area is 190 Å².